The van der Waals surface area contributed by atoms with Gasteiger partial charge in [-0.05, 0) is 23.3 Å². The molecule has 0 N–H and O–H groups in total. The van der Waals surface area contributed by atoms with Gasteiger partial charge in [0.1, 0.15) is 5.75 Å². The monoisotopic (exact) mass is 257 g/mol. The van der Waals surface area contributed by atoms with Crippen molar-refractivity contribution in [1.29, 1.82) is 0 Å². The molecule has 0 spiro atoms. The third-order valence-electron chi connectivity index (χ3n) is 3.03. The summed E-state index contributed by atoms with van der Waals surface area (Å²) in [6.45, 7) is -0.128. The van der Waals surface area contributed by atoms with E-state index in [1.807, 2.05) is 54.6 Å². The number of ether oxygens (including phenoxy) is 1. The van der Waals surface area contributed by atoms with Crippen LogP contribution in [0, 0.1) is 10.1 Å². The van der Waals surface area contributed by atoms with Crippen LogP contribution >= 0.6 is 0 Å². The normalized spacial score (nSPS) is 11.8. The van der Waals surface area contributed by atoms with E-state index in [1.165, 1.54) is 0 Å². The van der Waals surface area contributed by atoms with Crippen molar-refractivity contribution in [1.82, 2.24) is 0 Å². The molecule has 0 aromatic heterocycles. The first-order valence-electron chi connectivity index (χ1n) is 6.01. The highest BCUT2D eigenvalue weighted by Crippen LogP contribution is 2.27. The molecule has 98 valence electrons. The summed E-state index contributed by atoms with van der Waals surface area (Å²) >= 11 is 0. The van der Waals surface area contributed by atoms with Crippen molar-refractivity contribution in [2.45, 2.75) is 5.92 Å². The average Bonchev–Trinajstić information content (AvgIpc) is 2.45. The Labute approximate surface area is 111 Å². The van der Waals surface area contributed by atoms with Crippen LogP contribution < -0.4 is 4.74 Å². The van der Waals surface area contributed by atoms with E-state index in [-0.39, 0.29) is 17.4 Å². The number of nitrogens with zero attached hydrogens (tertiary/aromatic N) is 1. The third kappa shape index (κ3) is 3.31. The minimum absolute atomic E-state index is 0.128. The first-order chi connectivity index (χ1) is 9.20. The molecule has 0 aliphatic rings. The minimum Gasteiger partial charge on any atom is -0.497 e. The second-order valence-corrected chi connectivity index (χ2v) is 4.26. The highest BCUT2D eigenvalue weighted by Gasteiger charge is 2.20. The largest absolute Gasteiger partial charge is 0.497 e. The predicted octanol–water partition coefficient (Wildman–Crippen LogP) is 3.10. The van der Waals surface area contributed by atoms with Crippen molar-refractivity contribution < 1.29 is 9.66 Å². The zero-order valence-corrected chi connectivity index (χ0v) is 10.7. The number of hydrogen-bond donors (Lipinski definition) is 0. The zero-order chi connectivity index (χ0) is 13.7. The maximum atomic E-state index is 10.9. The fourth-order valence-electron chi connectivity index (χ4n) is 2.10. The maximum Gasteiger partial charge on any atom is 0.214 e. The fourth-order valence-corrected chi connectivity index (χ4v) is 2.10. The molecule has 1 atom stereocenters. The van der Waals surface area contributed by atoms with E-state index in [0.29, 0.717) is 5.75 Å². The Hall–Kier alpha value is -2.36. The Morgan fingerprint density at radius 2 is 1.79 bits per heavy atom. The van der Waals surface area contributed by atoms with Crippen molar-refractivity contribution in [3.63, 3.8) is 0 Å². The number of hydrogen-bond acceptors (Lipinski definition) is 3. The molecule has 0 aliphatic heterocycles. The van der Waals surface area contributed by atoms with Crippen molar-refractivity contribution >= 4 is 0 Å². The second kappa shape index (κ2) is 6.00. The molecule has 19 heavy (non-hydrogen) atoms. The first kappa shape index (κ1) is 13.1. The number of benzene rings is 2. The lowest BCUT2D eigenvalue weighted by Crippen LogP contribution is -2.13. The van der Waals surface area contributed by atoms with Gasteiger partial charge in [-0.2, -0.15) is 0 Å². The highest BCUT2D eigenvalue weighted by molar-refractivity contribution is 5.37. The highest BCUT2D eigenvalue weighted by atomic mass is 16.6. The van der Waals surface area contributed by atoms with Crippen LogP contribution in [0.25, 0.3) is 0 Å². The summed E-state index contributed by atoms with van der Waals surface area (Å²) < 4.78 is 5.18. The predicted molar refractivity (Wildman–Crippen MR) is 73.1 cm³/mol. The first-order valence-corrected chi connectivity index (χ1v) is 6.01. The van der Waals surface area contributed by atoms with E-state index in [1.54, 1.807) is 7.11 Å². The molecular formula is C15H15NO3. The Balaban J connectivity index is 2.39. The number of methoxy groups -OCH3 is 1. The molecule has 0 bridgehead atoms. The quantitative estimate of drug-likeness (QED) is 0.611. The molecule has 0 aliphatic carbocycles. The van der Waals surface area contributed by atoms with E-state index in [4.69, 9.17) is 4.74 Å². The Kier molecular flexibility index (Phi) is 4.13. The van der Waals surface area contributed by atoms with Gasteiger partial charge in [0.15, 0.2) is 0 Å². The molecule has 0 fully saturated rings. The van der Waals surface area contributed by atoms with Gasteiger partial charge >= 0.3 is 0 Å². The summed E-state index contributed by atoms with van der Waals surface area (Å²) in [5.41, 5.74) is 1.83. The maximum absolute atomic E-state index is 10.9. The topological polar surface area (TPSA) is 52.4 Å². The lowest BCUT2D eigenvalue weighted by atomic mass is 9.91. The molecule has 0 saturated carbocycles. The van der Waals surface area contributed by atoms with Crippen LogP contribution in [0.15, 0.2) is 54.6 Å². The van der Waals surface area contributed by atoms with Gasteiger partial charge in [-0.25, -0.2) is 0 Å². The van der Waals surface area contributed by atoms with Crippen LogP contribution in [0.3, 0.4) is 0 Å². The summed E-state index contributed by atoms with van der Waals surface area (Å²) in [4.78, 5) is 10.6. The summed E-state index contributed by atoms with van der Waals surface area (Å²) in [6, 6.07) is 16.9. The Bertz CT molecular complexity index is 554. The van der Waals surface area contributed by atoms with Crippen LogP contribution in [0.2, 0.25) is 0 Å². The lowest BCUT2D eigenvalue weighted by Gasteiger charge is -2.14. The summed E-state index contributed by atoms with van der Waals surface area (Å²) in [5.74, 6) is 0.452. The average molecular weight is 257 g/mol. The molecule has 0 saturated heterocycles. The number of rotatable bonds is 5. The molecule has 2 aromatic carbocycles. The van der Waals surface area contributed by atoms with Crippen LogP contribution in [0.5, 0.6) is 5.75 Å². The Morgan fingerprint density at radius 3 is 2.42 bits per heavy atom. The van der Waals surface area contributed by atoms with Gasteiger partial charge in [0.05, 0.1) is 13.0 Å². The molecule has 4 nitrogen and oxygen atoms in total. The summed E-state index contributed by atoms with van der Waals surface area (Å²) in [7, 11) is 1.59. The van der Waals surface area contributed by atoms with Gasteiger partial charge in [-0.3, -0.25) is 10.1 Å². The van der Waals surface area contributed by atoms with Crippen LogP contribution in [0.1, 0.15) is 17.0 Å². The standard InChI is InChI=1S/C15H15NO3/c1-19-14-9-5-8-13(10-14)15(11-16(17)18)12-6-3-2-4-7-12/h2-10,15H,11H2,1H3/t15-/m1/s1. The van der Waals surface area contributed by atoms with Crippen molar-refractivity contribution in [2.75, 3.05) is 13.7 Å². The van der Waals surface area contributed by atoms with Crippen molar-refractivity contribution in [3.8, 4) is 5.75 Å². The Morgan fingerprint density at radius 1 is 1.11 bits per heavy atom. The molecule has 2 rings (SSSR count). The van der Waals surface area contributed by atoms with Gasteiger partial charge in [-0.1, -0.05) is 42.5 Å². The van der Waals surface area contributed by atoms with E-state index in [0.717, 1.165) is 11.1 Å². The summed E-state index contributed by atoms with van der Waals surface area (Å²) in [5, 5.41) is 10.9. The fraction of sp³-hybridized carbons (Fsp3) is 0.200. The van der Waals surface area contributed by atoms with E-state index >= 15 is 0 Å². The molecule has 0 unspecified atom stereocenters. The van der Waals surface area contributed by atoms with Crippen molar-refractivity contribution in [2.24, 2.45) is 0 Å². The van der Waals surface area contributed by atoms with Gasteiger partial charge in [-0.15, -0.1) is 0 Å². The van der Waals surface area contributed by atoms with Gasteiger partial charge < -0.3 is 4.74 Å². The van der Waals surface area contributed by atoms with Crippen LogP contribution in [-0.2, 0) is 0 Å². The molecule has 2 aromatic rings. The molecular weight excluding hydrogens is 242 g/mol. The third-order valence-corrected chi connectivity index (χ3v) is 3.03. The molecule has 0 radical (unpaired) electrons. The van der Waals surface area contributed by atoms with E-state index in [2.05, 4.69) is 0 Å². The summed E-state index contributed by atoms with van der Waals surface area (Å²) in [6.07, 6.45) is 0. The van der Waals surface area contributed by atoms with Crippen molar-refractivity contribution in [3.05, 3.63) is 75.8 Å². The smallest absolute Gasteiger partial charge is 0.214 e. The second-order valence-electron chi connectivity index (χ2n) is 4.26. The number of nitro groups is 1. The minimum atomic E-state index is -0.281. The molecule has 0 heterocycles. The molecule has 0 amide bonds. The van der Waals surface area contributed by atoms with E-state index in [9.17, 15) is 10.1 Å². The molecule has 4 heteroatoms. The zero-order valence-electron chi connectivity index (χ0n) is 10.7. The van der Waals surface area contributed by atoms with Gasteiger partial charge in [0.25, 0.3) is 0 Å². The van der Waals surface area contributed by atoms with Crippen LogP contribution in [-0.4, -0.2) is 18.6 Å². The SMILES string of the molecule is COc1cccc([C@H](C[N+](=O)[O-])c2ccccc2)c1. The van der Waals surface area contributed by atoms with E-state index < -0.39 is 0 Å². The van der Waals surface area contributed by atoms with Crippen LogP contribution in [0.4, 0.5) is 0 Å². The van der Waals surface area contributed by atoms with Gasteiger partial charge in [0.2, 0.25) is 6.54 Å². The van der Waals surface area contributed by atoms with Gasteiger partial charge in [0, 0.05) is 4.92 Å². The lowest BCUT2D eigenvalue weighted by molar-refractivity contribution is -0.481.